The molecule has 32 heavy (non-hydrogen) atoms. The topological polar surface area (TPSA) is 88.7 Å². The van der Waals surface area contributed by atoms with Gasteiger partial charge in [0.25, 0.3) is 0 Å². The number of nitrogens with zero attached hydrogens (tertiary/aromatic N) is 1. The van der Waals surface area contributed by atoms with Crippen molar-refractivity contribution < 1.29 is 31.1 Å². The van der Waals surface area contributed by atoms with Gasteiger partial charge in [0.1, 0.15) is 0 Å². The van der Waals surface area contributed by atoms with Crippen LogP contribution >= 0.6 is 0 Å². The van der Waals surface area contributed by atoms with Crippen LogP contribution in [0.1, 0.15) is 16.7 Å². The number of methoxy groups -OCH3 is 2. The van der Waals surface area contributed by atoms with Gasteiger partial charge in [0, 0.05) is 30.1 Å². The maximum atomic E-state index is 13.4. The highest BCUT2D eigenvalue weighted by molar-refractivity contribution is 7.89. The first-order chi connectivity index (χ1) is 15.0. The molecule has 0 fully saturated rings. The Bertz CT molecular complexity index is 1370. The molecule has 1 aliphatic rings. The zero-order chi connectivity index (χ0) is 23.3. The van der Waals surface area contributed by atoms with E-state index in [9.17, 15) is 26.4 Å². The number of hydrogen-bond acceptors (Lipinski definition) is 5. The Labute approximate surface area is 181 Å². The standard InChI is InChI=1S/C21H19F3N2O5S/c1-30-18-7-12-5-6-26(11-13(12)8-19(18)31-2)32(28,29)14-3-4-17-15(9-14)16(21(22,23)24)10-20(27)25-17/h3-4,7-10H,5-6,11H2,1-2H3,(H,25,27). The van der Waals surface area contributed by atoms with E-state index in [1.54, 1.807) is 12.1 Å². The second-order valence-electron chi connectivity index (χ2n) is 7.32. The summed E-state index contributed by atoms with van der Waals surface area (Å²) in [5.74, 6) is 0.987. The lowest BCUT2D eigenvalue weighted by atomic mass is 10.0. The third-order valence-electron chi connectivity index (χ3n) is 5.44. The van der Waals surface area contributed by atoms with Crippen molar-refractivity contribution in [1.29, 1.82) is 0 Å². The second-order valence-corrected chi connectivity index (χ2v) is 9.25. The van der Waals surface area contributed by atoms with Crippen LogP contribution < -0.4 is 15.0 Å². The van der Waals surface area contributed by atoms with Gasteiger partial charge in [-0.3, -0.25) is 4.79 Å². The first-order valence-electron chi connectivity index (χ1n) is 9.53. The number of aromatic amines is 1. The van der Waals surface area contributed by atoms with Crippen LogP contribution in [-0.2, 0) is 29.2 Å². The third kappa shape index (κ3) is 3.82. The number of pyridine rings is 1. The van der Waals surface area contributed by atoms with Crippen molar-refractivity contribution in [3.8, 4) is 11.5 Å². The third-order valence-corrected chi connectivity index (χ3v) is 7.28. The molecule has 0 radical (unpaired) electrons. The molecule has 1 aromatic heterocycles. The number of ether oxygens (including phenoxy) is 2. The fourth-order valence-corrected chi connectivity index (χ4v) is 5.28. The summed E-state index contributed by atoms with van der Waals surface area (Å²) in [5, 5.41) is -0.387. The highest BCUT2D eigenvalue weighted by Crippen LogP contribution is 2.36. The number of H-pyrrole nitrogens is 1. The fraction of sp³-hybridized carbons (Fsp3) is 0.286. The number of nitrogens with one attached hydrogen (secondary N) is 1. The Morgan fingerprint density at radius 2 is 1.66 bits per heavy atom. The molecular weight excluding hydrogens is 449 g/mol. The van der Waals surface area contributed by atoms with E-state index in [2.05, 4.69) is 4.98 Å². The Kier molecular flexibility index (Phi) is 5.41. The summed E-state index contributed by atoms with van der Waals surface area (Å²) < 4.78 is 78.6. The van der Waals surface area contributed by atoms with E-state index < -0.39 is 27.3 Å². The van der Waals surface area contributed by atoms with Gasteiger partial charge in [0.2, 0.25) is 15.6 Å². The highest BCUT2D eigenvalue weighted by Gasteiger charge is 2.35. The predicted octanol–water partition coefficient (Wildman–Crippen LogP) is 3.31. The number of alkyl halides is 3. The van der Waals surface area contributed by atoms with Gasteiger partial charge in [-0.25, -0.2) is 8.42 Å². The van der Waals surface area contributed by atoms with Crippen molar-refractivity contribution in [2.24, 2.45) is 0 Å². The van der Waals surface area contributed by atoms with Crippen LogP contribution in [0.15, 0.2) is 46.1 Å². The molecule has 170 valence electrons. The molecule has 0 saturated carbocycles. The molecule has 1 aliphatic heterocycles. The van der Waals surface area contributed by atoms with Crippen molar-refractivity contribution in [1.82, 2.24) is 9.29 Å². The smallest absolute Gasteiger partial charge is 0.417 e. The average Bonchev–Trinajstić information content (AvgIpc) is 2.75. The summed E-state index contributed by atoms with van der Waals surface area (Å²) >= 11 is 0. The predicted molar refractivity (Wildman–Crippen MR) is 110 cm³/mol. The second kappa shape index (κ2) is 7.82. The molecule has 1 N–H and O–H groups in total. The minimum absolute atomic E-state index is 0.0355. The maximum absolute atomic E-state index is 13.4. The van der Waals surface area contributed by atoms with Crippen LogP contribution in [0.5, 0.6) is 11.5 Å². The van der Waals surface area contributed by atoms with Gasteiger partial charge in [-0.05, 0) is 47.9 Å². The van der Waals surface area contributed by atoms with E-state index in [0.29, 0.717) is 24.0 Å². The van der Waals surface area contributed by atoms with Gasteiger partial charge in [0.05, 0.1) is 24.7 Å². The van der Waals surface area contributed by atoms with Crippen molar-refractivity contribution >= 4 is 20.9 Å². The molecule has 0 spiro atoms. The molecule has 7 nitrogen and oxygen atoms in total. The van der Waals surface area contributed by atoms with Gasteiger partial charge in [0.15, 0.2) is 11.5 Å². The Morgan fingerprint density at radius 1 is 1.00 bits per heavy atom. The van der Waals surface area contributed by atoms with Gasteiger partial charge >= 0.3 is 6.18 Å². The van der Waals surface area contributed by atoms with E-state index in [4.69, 9.17) is 9.47 Å². The van der Waals surface area contributed by atoms with Crippen LogP contribution in [0.4, 0.5) is 13.2 Å². The number of aromatic nitrogens is 1. The largest absolute Gasteiger partial charge is 0.493 e. The van der Waals surface area contributed by atoms with Crippen LogP contribution in [-0.4, -0.2) is 38.5 Å². The number of hydrogen-bond donors (Lipinski definition) is 1. The Morgan fingerprint density at radius 3 is 2.28 bits per heavy atom. The molecule has 3 aromatic rings. The Balaban J connectivity index is 1.76. The molecule has 2 heterocycles. The van der Waals surface area contributed by atoms with Crippen molar-refractivity contribution in [3.63, 3.8) is 0 Å². The molecule has 0 bridgehead atoms. The summed E-state index contributed by atoms with van der Waals surface area (Å²) in [6, 6.07) is 7.23. The summed E-state index contributed by atoms with van der Waals surface area (Å²) in [6.07, 6.45) is -4.40. The maximum Gasteiger partial charge on any atom is 0.417 e. The summed E-state index contributed by atoms with van der Waals surface area (Å²) in [6.45, 7) is 0.189. The highest BCUT2D eigenvalue weighted by atomic mass is 32.2. The van der Waals surface area contributed by atoms with E-state index >= 15 is 0 Å². The molecule has 0 amide bonds. The number of fused-ring (bicyclic) bond motifs is 2. The van der Waals surface area contributed by atoms with Crippen LogP contribution in [0.2, 0.25) is 0 Å². The minimum Gasteiger partial charge on any atom is -0.493 e. The summed E-state index contributed by atoms with van der Waals surface area (Å²) in [5.41, 5.74) is -0.570. The lowest BCUT2D eigenvalue weighted by Crippen LogP contribution is -2.36. The lowest BCUT2D eigenvalue weighted by molar-refractivity contribution is -0.136. The molecule has 0 aliphatic carbocycles. The van der Waals surface area contributed by atoms with Gasteiger partial charge in [-0.15, -0.1) is 0 Å². The van der Waals surface area contributed by atoms with E-state index in [-0.39, 0.29) is 28.9 Å². The molecule has 0 saturated heterocycles. The average molecular weight is 468 g/mol. The molecule has 0 atom stereocenters. The van der Waals surface area contributed by atoms with Crippen molar-refractivity contribution in [2.45, 2.75) is 24.0 Å². The number of sulfonamides is 1. The van der Waals surface area contributed by atoms with Gasteiger partial charge in [-0.1, -0.05) is 0 Å². The van der Waals surface area contributed by atoms with E-state index in [0.717, 1.165) is 17.2 Å². The summed E-state index contributed by atoms with van der Waals surface area (Å²) in [4.78, 5) is 13.6. The molecule has 11 heteroatoms. The number of halogens is 3. The van der Waals surface area contributed by atoms with Gasteiger partial charge < -0.3 is 14.5 Å². The van der Waals surface area contributed by atoms with Crippen LogP contribution in [0, 0.1) is 0 Å². The molecule has 0 unspecified atom stereocenters. The number of benzene rings is 2. The van der Waals surface area contributed by atoms with Crippen molar-refractivity contribution in [3.05, 3.63) is 63.4 Å². The normalized spacial score (nSPS) is 14.9. The minimum atomic E-state index is -4.81. The summed E-state index contributed by atoms with van der Waals surface area (Å²) in [7, 11) is -1.12. The van der Waals surface area contributed by atoms with E-state index in [1.807, 2.05) is 0 Å². The first kappa shape index (κ1) is 22.2. The van der Waals surface area contributed by atoms with Gasteiger partial charge in [-0.2, -0.15) is 17.5 Å². The fourth-order valence-electron chi connectivity index (χ4n) is 3.84. The number of rotatable bonds is 4. The monoisotopic (exact) mass is 468 g/mol. The molecule has 4 rings (SSSR count). The van der Waals surface area contributed by atoms with Crippen molar-refractivity contribution in [2.75, 3.05) is 20.8 Å². The molecular formula is C21H19F3N2O5S. The zero-order valence-electron chi connectivity index (χ0n) is 17.1. The quantitative estimate of drug-likeness (QED) is 0.635. The van der Waals surface area contributed by atoms with Crippen LogP contribution in [0.3, 0.4) is 0 Å². The Hall–Kier alpha value is -3.05. The molecule has 2 aromatic carbocycles. The SMILES string of the molecule is COc1cc2c(cc1OC)CN(S(=O)(=O)c1ccc3[nH]c(=O)cc(C(F)(F)F)c3c1)CC2. The van der Waals surface area contributed by atoms with Crippen LogP contribution in [0.25, 0.3) is 10.9 Å². The van der Waals surface area contributed by atoms with E-state index in [1.165, 1.54) is 30.7 Å². The lowest BCUT2D eigenvalue weighted by Gasteiger charge is -2.29. The zero-order valence-corrected chi connectivity index (χ0v) is 17.9. The first-order valence-corrected chi connectivity index (χ1v) is 11.0.